The molecule has 0 atom stereocenters. The molecule has 0 bridgehead atoms. The number of fused-ring (bicyclic) bond motifs is 1. The Kier molecular flexibility index (Phi) is 4.37. The largest absolute Gasteiger partial charge is 0.431 e. The van der Waals surface area contributed by atoms with Crippen LogP contribution >= 0.6 is 11.8 Å². The highest BCUT2D eigenvalue weighted by atomic mass is 32.2. The van der Waals surface area contributed by atoms with Crippen molar-refractivity contribution in [1.29, 1.82) is 0 Å². The molecule has 0 amide bonds. The molecule has 1 aliphatic heterocycles. The van der Waals surface area contributed by atoms with E-state index in [2.05, 4.69) is 15.2 Å². The van der Waals surface area contributed by atoms with Gasteiger partial charge < -0.3 is 14.6 Å². The van der Waals surface area contributed by atoms with Crippen LogP contribution in [0.4, 0.5) is 0 Å². The molecule has 3 rings (SSSR count). The number of aromatic nitrogens is 1. The summed E-state index contributed by atoms with van der Waals surface area (Å²) in [6, 6.07) is 7.92. The van der Waals surface area contributed by atoms with Crippen molar-refractivity contribution in [2.45, 2.75) is 11.6 Å². The fourth-order valence-electron chi connectivity index (χ4n) is 2.30. The van der Waals surface area contributed by atoms with Gasteiger partial charge in [-0.1, -0.05) is 23.9 Å². The van der Waals surface area contributed by atoms with E-state index in [-0.39, 0.29) is 0 Å². The van der Waals surface area contributed by atoms with Gasteiger partial charge in [0.15, 0.2) is 5.58 Å². The van der Waals surface area contributed by atoms with Gasteiger partial charge in [0.2, 0.25) is 0 Å². The van der Waals surface area contributed by atoms with Crippen LogP contribution in [-0.4, -0.2) is 48.4 Å². The topological polar surface area (TPSA) is 41.3 Å². The fraction of sp³-hybridized carbons (Fsp3) is 0.500. The van der Waals surface area contributed by atoms with Gasteiger partial charge in [0.1, 0.15) is 5.52 Å². The van der Waals surface area contributed by atoms with E-state index in [4.69, 9.17) is 4.42 Å². The summed E-state index contributed by atoms with van der Waals surface area (Å²) < 4.78 is 5.69. The number of benzene rings is 1. The number of piperazine rings is 1. The molecule has 1 fully saturated rings. The van der Waals surface area contributed by atoms with Gasteiger partial charge in [0.25, 0.3) is 5.22 Å². The molecule has 4 nitrogen and oxygen atoms in total. The van der Waals surface area contributed by atoms with Crippen molar-refractivity contribution in [3.63, 3.8) is 0 Å². The Bertz CT molecular complexity index is 489. The monoisotopic (exact) mass is 277 g/mol. The Balaban J connectivity index is 1.44. The van der Waals surface area contributed by atoms with Crippen molar-refractivity contribution in [3.8, 4) is 0 Å². The molecule has 1 saturated heterocycles. The molecule has 2 heterocycles. The first-order valence-corrected chi connectivity index (χ1v) is 7.82. The molecular weight excluding hydrogens is 258 g/mol. The van der Waals surface area contributed by atoms with Crippen LogP contribution < -0.4 is 5.32 Å². The summed E-state index contributed by atoms with van der Waals surface area (Å²) in [5, 5.41) is 4.17. The van der Waals surface area contributed by atoms with Gasteiger partial charge in [0.05, 0.1) is 0 Å². The summed E-state index contributed by atoms with van der Waals surface area (Å²) in [6.45, 7) is 5.77. The Labute approximate surface area is 117 Å². The normalized spacial score (nSPS) is 17.1. The maximum atomic E-state index is 5.69. The van der Waals surface area contributed by atoms with Crippen LogP contribution in [-0.2, 0) is 0 Å². The maximum Gasteiger partial charge on any atom is 0.256 e. The van der Waals surface area contributed by atoms with Crippen LogP contribution in [0.25, 0.3) is 11.1 Å². The van der Waals surface area contributed by atoms with E-state index in [0.717, 1.165) is 35.2 Å². The quantitative estimate of drug-likeness (QED) is 0.670. The molecule has 2 aromatic rings. The summed E-state index contributed by atoms with van der Waals surface area (Å²) in [5.41, 5.74) is 1.83. The zero-order valence-electron chi connectivity index (χ0n) is 11.0. The zero-order chi connectivity index (χ0) is 12.9. The van der Waals surface area contributed by atoms with Gasteiger partial charge in [0, 0.05) is 31.9 Å². The van der Waals surface area contributed by atoms with E-state index in [9.17, 15) is 0 Å². The third-order valence-electron chi connectivity index (χ3n) is 3.33. The second kappa shape index (κ2) is 6.41. The lowest BCUT2D eigenvalue weighted by molar-refractivity contribution is 0.242. The number of oxazole rings is 1. The van der Waals surface area contributed by atoms with Crippen LogP contribution in [0.3, 0.4) is 0 Å². The molecule has 0 aliphatic carbocycles. The van der Waals surface area contributed by atoms with Crippen molar-refractivity contribution in [2.75, 3.05) is 38.5 Å². The van der Waals surface area contributed by atoms with E-state index in [1.54, 1.807) is 11.8 Å². The SMILES string of the molecule is c1ccc2oc(SCCCN3CCNCC3)nc2c1. The van der Waals surface area contributed by atoms with Crippen LogP contribution in [0, 0.1) is 0 Å². The minimum atomic E-state index is 0.793. The molecule has 19 heavy (non-hydrogen) atoms. The summed E-state index contributed by atoms with van der Waals surface area (Å²) in [4.78, 5) is 6.99. The van der Waals surface area contributed by atoms with Gasteiger partial charge in [-0.05, 0) is 25.1 Å². The predicted molar refractivity (Wildman–Crippen MR) is 78.7 cm³/mol. The molecule has 1 aromatic heterocycles. The minimum Gasteiger partial charge on any atom is -0.431 e. The van der Waals surface area contributed by atoms with Crippen molar-refractivity contribution >= 4 is 22.9 Å². The molecule has 1 N–H and O–H groups in total. The van der Waals surface area contributed by atoms with Gasteiger partial charge in [-0.15, -0.1) is 0 Å². The molecule has 0 saturated carbocycles. The minimum absolute atomic E-state index is 0.793. The first kappa shape index (κ1) is 13.0. The second-order valence-corrected chi connectivity index (χ2v) is 5.79. The molecule has 1 aliphatic rings. The molecular formula is C14H19N3OS. The molecule has 0 radical (unpaired) electrons. The van der Waals surface area contributed by atoms with Crippen molar-refractivity contribution in [3.05, 3.63) is 24.3 Å². The standard InChI is InChI=1S/C14H19N3OS/c1-2-5-13-12(4-1)16-14(18-13)19-11-3-8-17-9-6-15-7-10-17/h1-2,4-5,15H,3,6-11H2. The first-order chi connectivity index (χ1) is 9.42. The summed E-state index contributed by atoms with van der Waals surface area (Å²) >= 11 is 1.71. The number of nitrogens with one attached hydrogen (secondary N) is 1. The molecule has 5 heteroatoms. The average Bonchev–Trinajstić information content (AvgIpc) is 2.87. The molecule has 102 valence electrons. The van der Waals surface area contributed by atoms with Crippen molar-refractivity contribution in [1.82, 2.24) is 15.2 Å². The lowest BCUT2D eigenvalue weighted by Crippen LogP contribution is -2.43. The number of hydrogen-bond donors (Lipinski definition) is 1. The van der Waals surface area contributed by atoms with E-state index in [1.807, 2.05) is 24.3 Å². The van der Waals surface area contributed by atoms with Gasteiger partial charge in [-0.3, -0.25) is 0 Å². The average molecular weight is 277 g/mol. The van der Waals surface area contributed by atoms with E-state index >= 15 is 0 Å². The van der Waals surface area contributed by atoms with Crippen molar-refractivity contribution < 1.29 is 4.42 Å². The van der Waals surface area contributed by atoms with E-state index in [0.29, 0.717) is 0 Å². The number of nitrogens with zero attached hydrogens (tertiary/aromatic N) is 2. The van der Waals surface area contributed by atoms with Gasteiger partial charge >= 0.3 is 0 Å². The lowest BCUT2D eigenvalue weighted by atomic mass is 10.3. The molecule has 0 unspecified atom stereocenters. The lowest BCUT2D eigenvalue weighted by Gasteiger charge is -2.26. The van der Waals surface area contributed by atoms with Gasteiger partial charge in [-0.25, -0.2) is 4.98 Å². The van der Waals surface area contributed by atoms with Crippen molar-refractivity contribution in [2.24, 2.45) is 0 Å². The Morgan fingerprint density at radius 1 is 1.26 bits per heavy atom. The highest BCUT2D eigenvalue weighted by molar-refractivity contribution is 7.99. The van der Waals surface area contributed by atoms with Crippen LogP contribution in [0.5, 0.6) is 0 Å². The Hall–Kier alpha value is -1.04. The summed E-state index contributed by atoms with van der Waals surface area (Å²) in [6.07, 6.45) is 1.18. The predicted octanol–water partition coefficient (Wildman–Crippen LogP) is 2.22. The number of hydrogen-bond acceptors (Lipinski definition) is 5. The number of para-hydroxylation sites is 2. The van der Waals surface area contributed by atoms with Crippen LogP contribution in [0.15, 0.2) is 33.9 Å². The smallest absolute Gasteiger partial charge is 0.256 e. The van der Waals surface area contributed by atoms with Crippen LogP contribution in [0.1, 0.15) is 6.42 Å². The van der Waals surface area contributed by atoms with Gasteiger partial charge in [-0.2, -0.15) is 0 Å². The maximum absolute atomic E-state index is 5.69. The third kappa shape index (κ3) is 3.49. The third-order valence-corrected chi connectivity index (χ3v) is 4.24. The first-order valence-electron chi connectivity index (χ1n) is 6.83. The summed E-state index contributed by atoms with van der Waals surface area (Å²) in [7, 11) is 0. The second-order valence-electron chi connectivity index (χ2n) is 4.74. The number of thioether (sulfide) groups is 1. The summed E-state index contributed by atoms with van der Waals surface area (Å²) in [5.74, 6) is 1.07. The Morgan fingerprint density at radius 2 is 2.11 bits per heavy atom. The number of rotatable bonds is 5. The molecule has 1 aromatic carbocycles. The highest BCUT2D eigenvalue weighted by Crippen LogP contribution is 2.23. The van der Waals surface area contributed by atoms with Crippen LogP contribution in [0.2, 0.25) is 0 Å². The Morgan fingerprint density at radius 3 is 2.95 bits per heavy atom. The van der Waals surface area contributed by atoms with E-state index < -0.39 is 0 Å². The fourth-order valence-corrected chi connectivity index (χ4v) is 3.05. The zero-order valence-corrected chi connectivity index (χ0v) is 11.8. The highest BCUT2D eigenvalue weighted by Gasteiger charge is 2.09. The van der Waals surface area contributed by atoms with E-state index in [1.165, 1.54) is 26.1 Å². The molecule has 0 spiro atoms.